The molecule has 8 heteroatoms. The lowest BCUT2D eigenvalue weighted by Crippen LogP contribution is -2.53. The third-order valence-electron chi connectivity index (χ3n) is 7.61. The average Bonchev–Trinajstić information content (AvgIpc) is 3.33. The smallest absolute Gasteiger partial charge is 0.255 e. The van der Waals surface area contributed by atoms with Crippen molar-refractivity contribution in [3.05, 3.63) is 48.5 Å². The van der Waals surface area contributed by atoms with Gasteiger partial charge in [-0.2, -0.15) is 0 Å². The Morgan fingerprint density at radius 3 is 2.45 bits per heavy atom. The highest BCUT2D eigenvalue weighted by atomic mass is 16.2. The van der Waals surface area contributed by atoms with Crippen LogP contribution in [0.25, 0.3) is 0 Å². The molecule has 0 unspecified atom stereocenters. The van der Waals surface area contributed by atoms with Gasteiger partial charge < -0.3 is 14.7 Å². The molecule has 162 valence electrons. The van der Waals surface area contributed by atoms with Gasteiger partial charge in [-0.25, -0.2) is 9.97 Å². The van der Waals surface area contributed by atoms with E-state index in [1.807, 2.05) is 28.9 Å². The molecule has 3 aliphatic rings. The molecule has 5 rings (SSSR count). The molecule has 2 aromatic rings. The first-order valence-corrected chi connectivity index (χ1v) is 11.1. The molecule has 2 aromatic heterocycles. The van der Waals surface area contributed by atoms with Crippen LogP contribution in [0.5, 0.6) is 0 Å². The normalized spacial score (nSPS) is 25.1. The second kappa shape index (κ2) is 7.59. The Labute approximate surface area is 182 Å². The SMILES string of the molecule is CCN1CC[C@@]2(CN(c3ncccn3)CC23CCN(C(=O)c2cccnc2)CC3)C1=O. The molecular weight excluding hydrogens is 392 g/mol. The van der Waals surface area contributed by atoms with Crippen LogP contribution in [0.2, 0.25) is 0 Å². The predicted octanol–water partition coefficient (Wildman–Crippen LogP) is 1.85. The van der Waals surface area contributed by atoms with Crippen molar-refractivity contribution in [2.24, 2.45) is 10.8 Å². The number of anilines is 1. The lowest BCUT2D eigenvalue weighted by Gasteiger charge is -2.46. The fourth-order valence-electron chi connectivity index (χ4n) is 5.89. The molecule has 0 aromatic carbocycles. The second-order valence-electron chi connectivity index (χ2n) is 8.94. The quantitative estimate of drug-likeness (QED) is 0.754. The molecule has 3 saturated heterocycles. The number of pyridine rings is 1. The molecule has 2 amide bonds. The highest BCUT2D eigenvalue weighted by molar-refractivity contribution is 5.94. The molecule has 3 aliphatic heterocycles. The maximum absolute atomic E-state index is 13.6. The zero-order valence-corrected chi connectivity index (χ0v) is 17.9. The van der Waals surface area contributed by atoms with Crippen molar-refractivity contribution < 1.29 is 9.59 Å². The minimum Gasteiger partial charge on any atom is -0.342 e. The van der Waals surface area contributed by atoms with Crippen molar-refractivity contribution in [2.75, 3.05) is 44.2 Å². The number of hydrogen-bond donors (Lipinski definition) is 0. The van der Waals surface area contributed by atoms with E-state index in [-0.39, 0.29) is 17.2 Å². The van der Waals surface area contributed by atoms with E-state index in [4.69, 9.17) is 0 Å². The molecule has 0 radical (unpaired) electrons. The van der Waals surface area contributed by atoms with Gasteiger partial charge >= 0.3 is 0 Å². The van der Waals surface area contributed by atoms with Crippen LogP contribution in [0.3, 0.4) is 0 Å². The number of hydrogen-bond acceptors (Lipinski definition) is 6. The highest BCUT2D eigenvalue weighted by Crippen LogP contribution is 2.58. The topological polar surface area (TPSA) is 82.5 Å². The third-order valence-corrected chi connectivity index (χ3v) is 7.61. The summed E-state index contributed by atoms with van der Waals surface area (Å²) in [6.45, 7) is 6.31. The zero-order valence-electron chi connectivity index (χ0n) is 17.9. The van der Waals surface area contributed by atoms with Crippen molar-refractivity contribution in [2.45, 2.75) is 26.2 Å². The van der Waals surface area contributed by atoms with Crippen molar-refractivity contribution >= 4 is 17.8 Å². The molecule has 0 N–H and O–H groups in total. The Hall–Kier alpha value is -3.03. The van der Waals surface area contributed by atoms with Gasteiger partial charge in [-0.05, 0) is 44.4 Å². The van der Waals surface area contributed by atoms with E-state index in [1.165, 1.54) is 0 Å². The fourth-order valence-corrected chi connectivity index (χ4v) is 5.89. The van der Waals surface area contributed by atoms with Crippen molar-refractivity contribution in [1.82, 2.24) is 24.8 Å². The molecular formula is C23H28N6O2. The summed E-state index contributed by atoms with van der Waals surface area (Å²) in [5, 5.41) is 0. The Bertz CT molecular complexity index is 961. The fraction of sp³-hybridized carbons (Fsp3) is 0.522. The van der Waals surface area contributed by atoms with Crippen LogP contribution in [0.1, 0.15) is 36.5 Å². The van der Waals surface area contributed by atoms with E-state index in [0.717, 1.165) is 38.9 Å². The third kappa shape index (κ3) is 3.07. The molecule has 3 fully saturated rings. The number of carbonyl (C=O) groups is 2. The van der Waals surface area contributed by atoms with Crippen LogP contribution >= 0.6 is 0 Å². The number of aromatic nitrogens is 3. The Morgan fingerprint density at radius 2 is 1.81 bits per heavy atom. The molecule has 0 aliphatic carbocycles. The summed E-state index contributed by atoms with van der Waals surface area (Å²) in [5.74, 6) is 0.974. The molecule has 5 heterocycles. The summed E-state index contributed by atoms with van der Waals surface area (Å²) in [7, 11) is 0. The van der Waals surface area contributed by atoms with Gasteiger partial charge in [-0.15, -0.1) is 0 Å². The second-order valence-corrected chi connectivity index (χ2v) is 8.94. The van der Waals surface area contributed by atoms with Crippen LogP contribution in [0.4, 0.5) is 5.95 Å². The van der Waals surface area contributed by atoms with Gasteiger partial charge in [0, 0.05) is 69.5 Å². The standard InChI is InChI=1S/C23H28N6O2/c1-2-27-14-8-23(20(27)31)17-29(21-25-10-4-11-26-21)16-22(23)6-12-28(13-7-22)19(30)18-5-3-9-24-15-18/h3-5,9-11,15H,2,6-8,12-14,16-17H2,1H3/t23-/m1/s1. The summed E-state index contributed by atoms with van der Waals surface area (Å²) in [6.07, 6.45) is 9.29. The Kier molecular flexibility index (Phi) is 4.87. The number of piperidine rings is 1. The van der Waals surface area contributed by atoms with Gasteiger partial charge in [0.1, 0.15) is 0 Å². The van der Waals surface area contributed by atoms with Crippen LogP contribution < -0.4 is 4.90 Å². The van der Waals surface area contributed by atoms with Gasteiger partial charge in [-0.1, -0.05) is 0 Å². The van der Waals surface area contributed by atoms with Crippen molar-refractivity contribution in [3.8, 4) is 0 Å². The number of fused-ring (bicyclic) bond motifs is 1. The average molecular weight is 421 g/mol. The number of likely N-dealkylation sites (tertiary alicyclic amines) is 2. The number of nitrogens with zero attached hydrogens (tertiary/aromatic N) is 6. The van der Waals surface area contributed by atoms with E-state index in [2.05, 4.69) is 19.9 Å². The molecule has 2 spiro atoms. The van der Waals surface area contributed by atoms with Crippen molar-refractivity contribution in [1.29, 1.82) is 0 Å². The van der Waals surface area contributed by atoms with Crippen LogP contribution in [-0.4, -0.2) is 75.8 Å². The highest BCUT2D eigenvalue weighted by Gasteiger charge is 2.65. The summed E-state index contributed by atoms with van der Waals surface area (Å²) in [4.78, 5) is 45.7. The van der Waals surface area contributed by atoms with Gasteiger partial charge in [0.05, 0.1) is 11.0 Å². The lowest BCUT2D eigenvalue weighted by molar-refractivity contribution is -0.141. The van der Waals surface area contributed by atoms with Gasteiger partial charge in [0.15, 0.2) is 0 Å². The van der Waals surface area contributed by atoms with E-state index >= 15 is 0 Å². The Balaban J connectivity index is 1.42. The van der Waals surface area contributed by atoms with Gasteiger partial charge in [0.25, 0.3) is 5.91 Å². The first kappa shape index (κ1) is 19.9. The van der Waals surface area contributed by atoms with Crippen LogP contribution in [-0.2, 0) is 4.79 Å². The largest absolute Gasteiger partial charge is 0.342 e. The molecule has 8 nitrogen and oxygen atoms in total. The summed E-state index contributed by atoms with van der Waals surface area (Å²) in [5.41, 5.74) is 0.0258. The monoisotopic (exact) mass is 420 g/mol. The van der Waals surface area contributed by atoms with Crippen LogP contribution in [0, 0.1) is 10.8 Å². The van der Waals surface area contributed by atoms with E-state index in [0.29, 0.717) is 31.1 Å². The van der Waals surface area contributed by atoms with Crippen molar-refractivity contribution in [3.63, 3.8) is 0 Å². The maximum Gasteiger partial charge on any atom is 0.255 e. The van der Waals surface area contributed by atoms with Crippen LogP contribution in [0.15, 0.2) is 43.0 Å². The maximum atomic E-state index is 13.6. The van der Waals surface area contributed by atoms with Gasteiger partial charge in [-0.3, -0.25) is 14.6 Å². The molecule has 1 atom stereocenters. The van der Waals surface area contributed by atoms with E-state index in [1.54, 1.807) is 30.9 Å². The van der Waals surface area contributed by atoms with Gasteiger partial charge in [0.2, 0.25) is 11.9 Å². The summed E-state index contributed by atoms with van der Waals surface area (Å²) < 4.78 is 0. The minimum absolute atomic E-state index is 0.0196. The first-order chi connectivity index (χ1) is 15.1. The molecule has 31 heavy (non-hydrogen) atoms. The molecule has 0 saturated carbocycles. The predicted molar refractivity (Wildman–Crippen MR) is 115 cm³/mol. The van der Waals surface area contributed by atoms with E-state index < -0.39 is 5.41 Å². The lowest BCUT2D eigenvalue weighted by atomic mass is 9.60. The van der Waals surface area contributed by atoms with E-state index in [9.17, 15) is 9.59 Å². The first-order valence-electron chi connectivity index (χ1n) is 11.1. The number of carbonyl (C=O) groups excluding carboxylic acids is 2. The number of amides is 2. The summed E-state index contributed by atoms with van der Waals surface area (Å²) in [6, 6.07) is 5.41. The Morgan fingerprint density at radius 1 is 1.03 bits per heavy atom. The summed E-state index contributed by atoms with van der Waals surface area (Å²) >= 11 is 0. The number of rotatable bonds is 3. The minimum atomic E-state index is -0.425. The zero-order chi connectivity index (χ0) is 21.5. The molecule has 0 bridgehead atoms.